The van der Waals surface area contributed by atoms with Gasteiger partial charge in [-0.15, -0.1) is 0 Å². The Kier molecular flexibility index (Phi) is 5.04. The van der Waals surface area contributed by atoms with Gasteiger partial charge in [-0.2, -0.15) is 0 Å². The van der Waals surface area contributed by atoms with Crippen molar-refractivity contribution in [2.75, 3.05) is 24.4 Å². The Labute approximate surface area is 145 Å². The van der Waals surface area contributed by atoms with E-state index in [1.165, 1.54) is 7.11 Å². The van der Waals surface area contributed by atoms with Gasteiger partial charge in [0.05, 0.1) is 5.56 Å². The van der Waals surface area contributed by atoms with Crippen molar-refractivity contribution in [2.24, 2.45) is 0 Å². The van der Waals surface area contributed by atoms with Gasteiger partial charge in [0.25, 0.3) is 5.91 Å². The Balaban J connectivity index is 1.70. The summed E-state index contributed by atoms with van der Waals surface area (Å²) in [5.74, 6) is 0.709. The average Bonchev–Trinajstić information content (AvgIpc) is 3.43. The van der Waals surface area contributed by atoms with Crippen LogP contribution in [0.4, 0.5) is 11.4 Å². The van der Waals surface area contributed by atoms with Crippen molar-refractivity contribution in [3.8, 4) is 0 Å². The van der Waals surface area contributed by atoms with Gasteiger partial charge in [0.1, 0.15) is 12.4 Å². The summed E-state index contributed by atoms with van der Waals surface area (Å²) in [6, 6.07) is 5.30. The number of ether oxygens (including phenoxy) is 1. The number of nitrogens with zero attached hydrogens (tertiary/aromatic N) is 2. The summed E-state index contributed by atoms with van der Waals surface area (Å²) in [6.07, 6.45) is 5.34. The molecule has 0 atom stereocenters. The van der Waals surface area contributed by atoms with Crippen molar-refractivity contribution < 1.29 is 14.3 Å². The van der Waals surface area contributed by atoms with E-state index >= 15 is 0 Å². The first kappa shape index (κ1) is 17.0. The number of benzene rings is 1. The summed E-state index contributed by atoms with van der Waals surface area (Å²) in [6.45, 7) is 1.85. The lowest BCUT2D eigenvalue weighted by atomic mass is 10.1. The van der Waals surface area contributed by atoms with Crippen LogP contribution in [0.3, 0.4) is 0 Å². The molecule has 1 aliphatic rings. The maximum atomic E-state index is 12.4. The number of aryl methyl sites for hydroxylation is 1. The van der Waals surface area contributed by atoms with Gasteiger partial charge in [0.15, 0.2) is 0 Å². The number of rotatable bonds is 6. The molecule has 0 unspecified atom stereocenters. The average molecular weight is 340 g/mol. The highest BCUT2D eigenvalue weighted by Crippen LogP contribution is 2.37. The number of hydrogen-bond acceptors (Lipinski definition) is 5. The summed E-state index contributed by atoms with van der Waals surface area (Å²) in [5.41, 5.74) is 2.49. The number of aromatic nitrogens is 2. The topological polar surface area (TPSA) is 93.2 Å². The number of carbonyl (C=O) groups excluding carboxylic acids is 2. The lowest BCUT2D eigenvalue weighted by molar-refractivity contribution is -0.119. The molecule has 7 nitrogen and oxygen atoms in total. The van der Waals surface area contributed by atoms with Gasteiger partial charge in [-0.3, -0.25) is 9.59 Å². The summed E-state index contributed by atoms with van der Waals surface area (Å²) >= 11 is 0. The third-order valence-electron chi connectivity index (χ3n) is 3.92. The van der Waals surface area contributed by atoms with Gasteiger partial charge in [-0.1, -0.05) is 6.07 Å². The fraction of sp³-hybridized carbons (Fsp3) is 0.333. The van der Waals surface area contributed by atoms with Crippen LogP contribution >= 0.6 is 0 Å². The van der Waals surface area contributed by atoms with Crippen molar-refractivity contribution in [3.05, 3.63) is 47.5 Å². The van der Waals surface area contributed by atoms with E-state index in [0.29, 0.717) is 22.9 Å². The third-order valence-corrected chi connectivity index (χ3v) is 3.92. The number of anilines is 2. The summed E-state index contributed by atoms with van der Waals surface area (Å²) < 4.78 is 4.79. The van der Waals surface area contributed by atoms with Crippen LogP contribution in [-0.2, 0) is 9.53 Å². The van der Waals surface area contributed by atoms with Crippen molar-refractivity contribution in [1.82, 2.24) is 9.97 Å². The Bertz CT molecular complexity index is 785. The summed E-state index contributed by atoms with van der Waals surface area (Å²) in [5, 5.41) is 5.55. The predicted molar refractivity (Wildman–Crippen MR) is 93.6 cm³/mol. The molecule has 1 heterocycles. The SMILES string of the molecule is COCC(=O)Nc1ccc(C)c(NC(=O)c2cnc(C3CC3)nc2)c1. The molecular weight excluding hydrogens is 320 g/mol. The molecule has 1 aromatic heterocycles. The molecule has 0 bridgehead atoms. The highest BCUT2D eigenvalue weighted by molar-refractivity contribution is 6.04. The Morgan fingerprint density at radius 3 is 2.56 bits per heavy atom. The molecule has 1 saturated carbocycles. The molecular formula is C18H20N4O3. The predicted octanol–water partition coefficient (Wildman–Crippen LogP) is 2.50. The zero-order valence-corrected chi connectivity index (χ0v) is 14.2. The quantitative estimate of drug-likeness (QED) is 0.843. The first-order valence-corrected chi connectivity index (χ1v) is 8.09. The van der Waals surface area contributed by atoms with Crippen LogP contribution in [0.2, 0.25) is 0 Å². The van der Waals surface area contributed by atoms with Crippen LogP contribution in [0.1, 0.15) is 40.5 Å². The van der Waals surface area contributed by atoms with Crippen LogP contribution in [0.25, 0.3) is 0 Å². The number of amides is 2. The maximum Gasteiger partial charge on any atom is 0.258 e. The molecule has 1 fully saturated rings. The van der Waals surface area contributed by atoms with Gasteiger partial charge in [0.2, 0.25) is 5.91 Å². The second-order valence-corrected chi connectivity index (χ2v) is 6.07. The zero-order valence-electron chi connectivity index (χ0n) is 14.2. The maximum absolute atomic E-state index is 12.4. The Morgan fingerprint density at radius 2 is 1.92 bits per heavy atom. The molecule has 7 heteroatoms. The molecule has 2 aromatic rings. The van der Waals surface area contributed by atoms with E-state index in [2.05, 4.69) is 20.6 Å². The largest absolute Gasteiger partial charge is 0.375 e. The lowest BCUT2D eigenvalue weighted by Crippen LogP contribution is -2.18. The number of hydrogen-bond donors (Lipinski definition) is 2. The van der Waals surface area contributed by atoms with Crippen molar-refractivity contribution in [3.63, 3.8) is 0 Å². The molecule has 0 aliphatic heterocycles. The van der Waals surface area contributed by atoms with Crippen molar-refractivity contribution in [1.29, 1.82) is 0 Å². The Hall–Kier alpha value is -2.80. The van der Waals surface area contributed by atoms with Gasteiger partial charge in [-0.05, 0) is 37.5 Å². The van der Waals surface area contributed by atoms with Gasteiger partial charge in [0, 0.05) is 36.8 Å². The van der Waals surface area contributed by atoms with Crippen LogP contribution in [0.15, 0.2) is 30.6 Å². The molecule has 1 aromatic carbocycles. The second-order valence-electron chi connectivity index (χ2n) is 6.07. The van der Waals surface area contributed by atoms with E-state index in [1.807, 2.05) is 13.0 Å². The zero-order chi connectivity index (χ0) is 17.8. The minimum atomic E-state index is -0.286. The lowest BCUT2D eigenvalue weighted by Gasteiger charge is -2.11. The smallest absolute Gasteiger partial charge is 0.258 e. The van der Waals surface area contributed by atoms with Crippen LogP contribution in [0, 0.1) is 6.92 Å². The molecule has 0 spiro atoms. The fourth-order valence-corrected chi connectivity index (χ4v) is 2.36. The summed E-state index contributed by atoms with van der Waals surface area (Å²) in [7, 11) is 1.46. The molecule has 1 aliphatic carbocycles. The number of carbonyl (C=O) groups is 2. The molecule has 130 valence electrons. The van der Waals surface area contributed by atoms with Gasteiger partial charge < -0.3 is 15.4 Å². The minimum Gasteiger partial charge on any atom is -0.375 e. The minimum absolute atomic E-state index is 0.0275. The van der Waals surface area contributed by atoms with Gasteiger partial charge >= 0.3 is 0 Å². The van der Waals surface area contributed by atoms with E-state index < -0.39 is 0 Å². The van der Waals surface area contributed by atoms with Crippen molar-refractivity contribution >= 4 is 23.2 Å². The summed E-state index contributed by atoms with van der Waals surface area (Å²) in [4.78, 5) is 32.5. The van der Waals surface area contributed by atoms with Crippen LogP contribution < -0.4 is 10.6 Å². The molecule has 0 saturated heterocycles. The highest BCUT2D eigenvalue weighted by Gasteiger charge is 2.26. The van der Waals surface area contributed by atoms with E-state index in [1.54, 1.807) is 24.5 Å². The molecule has 25 heavy (non-hydrogen) atoms. The van der Waals surface area contributed by atoms with Crippen molar-refractivity contribution in [2.45, 2.75) is 25.7 Å². The van der Waals surface area contributed by atoms with Crippen LogP contribution in [-0.4, -0.2) is 35.5 Å². The number of methoxy groups -OCH3 is 1. The number of nitrogens with one attached hydrogen (secondary N) is 2. The second kappa shape index (κ2) is 7.40. The van der Waals surface area contributed by atoms with Crippen LogP contribution in [0.5, 0.6) is 0 Å². The van der Waals surface area contributed by atoms with E-state index in [0.717, 1.165) is 24.2 Å². The van der Waals surface area contributed by atoms with E-state index in [9.17, 15) is 9.59 Å². The molecule has 2 amide bonds. The van der Waals surface area contributed by atoms with E-state index in [-0.39, 0.29) is 18.4 Å². The van der Waals surface area contributed by atoms with Gasteiger partial charge in [-0.25, -0.2) is 9.97 Å². The fourth-order valence-electron chi connectivity index (χ4n) is 2.36. The highest BCUT2D eigenvalue weighted by atomic mass is 16.5. The molecule has 0 radical (unpaired) electrons. The standard InChI is InChI=1S/C18H20N4O3/c1-11-3-6-14(21-16(23)10-25-2)7-15(11)22-18(24)13-8-19-17(20-9-13)12-4-5-12/h3,6-9,12H,4-5,10H2,1-2H3,(H,21,23)(H,22,24). The normalized spacial score (nSPS) is 13.4. The third kappa shape index (κ3) is 4.39. The molecule has 3 rings (SSSR count). The first-order valence-electron chi connectivity index (χ1n) is 8.09. The first-order chi connectivity index (χ1) is 12.1. The molecule has 2 N–H and O–H groups in total. The Morgan fingerprint density at radius 1 is 1.20 bits per heavy atom. The monoisotopic (exact) mass is 340 g/mol. The van der Waals surface area contributed by atoms with E-state index in [4.69, 9.17) is 4.74 Å².